The second kappa shape index (κ2) is 9.16. The van der Waals surface area contributed by atoms with Crippen molar-refractivity contribution in [1.29, 1.82) is 0 Å². The lowest BCUT2D eigenvalue weighted by atomic mass is 10.1. The molecule has 0 radical (unpaired) electrons. The van der Waals surface area contributed by atoms with Crippen LogP contribution in [-0.4, -0.2) is 44.7 Å². The maximum Gasteiger partial charge on any atom is 0.284 e. The summed E-state index contributed by atoms with van der Waals surface area (Å²) in [5.41, 5.74) is 1.11. The van der Waals surface area contributed by atoms with Gasteiger partial charge in [-0.05, 0) is 42.8 Å². The van der Waals surface area contributed by atoms with E-state index in [-0.39, 0.29) is 17.2 Å². The first kappa shape index (κ1) is 21.6. The Bertz CT molecular complexity index is 1040. The fraction of sp³-hybridized carbons (Fsp3) is 0.238. The zero-order valence-electron chi connectivity index (χ0n) is 17.4. The first-order valence-corrected chi connectivity index (χ1v) is 9.25. The summed E-state index contributed by atoms with van der Waals surface area (Å²) in [4.78, 5) is 23.5. The first-order valence-electron chi connectivity index (χ1n) is 9.25. The van der Waals surface area contributed by atoms with Crippen molar-refractivity contribution in [2.24, 2.45) is 5.10 Å². The minimum absolute atomic E-state index is 0.0856. The third-order valence-electron chi connectivity index (χ3n) is 4.43. The van der Waals surface area contributed by atoms with E-state index in [1.54, 1.807) is 25.1 Å². The van der Waals surface area contributed by atoms with Crippen LogP contribution in [0.3, 0.4) is 0 Å². The molecular weight excluding hydrogens is 406 g/mol. The zero-order valence-corrected chi connectivity index (χ0v) is 17.4. The van der Waals surface area contributed by atoms with E-state index < -0.39 is 10.8 Å². The van der Waals surface area contributed by atoms with Crippen molar-refractivity contribution in [2.45, 2.75) is 6.92 Å². The number of ether oxygens (including phenoxy) is 4. The topological polar surface area (TPSA) is 113 Å². The van der Waals surface area contributed by atoms with E-state index in [9.17, 15) is 14.9 Å². The lowest BCUT2D eigenvalue weighted by Gasteiger charge is -2.13. The molecule has 10 nitrogen and oxygen atoms in total. The number of benzene rings is 2. The van der Waals surface area contributed by atoms with Gasteiger partial charge in [-0.2, -0.15) is 5.01 Å². The minimum atomic E-state index is -0.514. The molecule has 0 fully saturated rings. The fourth-order valence-corrected chi connectivity index (χ4v) is 3.00. The van der Waals surface area contributed by atoms with E-state index in [1.807, 2.05) is 0 Å². The highest BCUT2D eigenvalue weighted by atomic mass is 16.6. The van der Waals surface area contributed by atoms with Crippen molar-refractivity contribution < 1.29 is 28.7 Å². The van der Waals surface area contributed by atoms with Gasteiger partial charge in [-0.3, -0.25) is 14.9 Å². The van der Waals surface area contributed by atoms with Crippen LogP contribution in [0.5, 0.6) is 17.2 Å². The standard InChI is InChI=1S/C21H21N3O7/c1-5-31-20-16(10-13-11-17(28-2)19(30-4)18(12-13)29-3)21(25)23(22-20)14-6-8-15(9-7-14)24(26)27/h6-12H,5H2,1-4H3. The van der Waals surface area contributed by atoms with Gasteiger partial charge in [-0.15, -0.1) is 5.10 Å². The van der Waals surface area contributed by atoms with E-state index in [4.69, 9.17) is 18.9 Å². The number of amides is 1. The van der Waals surface area contributed by atoms with Crippen molar-refractivity contribution in [3.05, 3.63) is 57.6 Å². The van der Waals surface area contributed by atoms with Gasteiger partial charge >= 0.3 is 0 Å². The molecule has 0 saturated heterocycles. The van der Waals surface area contributed by atoms with Crippen LogP contribution in [0.4, 0.5) is 11.4 Å². The van der Waals surface area contributed by atoms with E-state index in [2.05, 4.69) is 5.10 Å². The molecule has 162 valence electrons. The van der Waals surface area contributed by atoms with Gasteiger partial charge in [0.05, 0.1) is 38.5 Å². The number of hydrogen-bond donors (Lipinski definition) is 0. The van der Waals surface area contributed by atoms with Gasteiger partial charge < -0.3 is 18.9 Å². The zero-order chi connectivity index (χ0) is 22.5. The molecular formula is C21H21N3O7. The Labute approximate surface area is 178 Å². The van der Waals surface area contributed by atoms with Gasteiger partial charge in [0.2, 0.25) is 11.6 Å². The van der Waals surface area contributed by atoms with Crippen LogP contribution in [0.15, 0.2) is 47.1 Å². The van der Waals surface area contributed by atoms with Gasteiger partial charge in [0.1, 0.15) is 5.57 Å². The Morgan fingerprint density at radius 3 is 2.16 bits per heavy atom. The van der Waals surface area contributed by atoms with Crippen molar-refractivity contribution in [3.63, 3.8) is 0 Å². The van der Waals surface area contributed by atoms with Crippen LogP contribution in [-0.2, 0) is 9.53 Å². The molecule has 1 amide bonds. The third kappa shape index (κ3) is 4.27. The summed E-state index contributed by atoms with van der Waals surface area (Å²) in [7, 11) is 4.50. The number of methoxy groups -OCH3 is 3. The van der Waals surface area contributed by atoms with Gasteiger partial charge in [-0.25, -0.2) is 0 Å². The highest BCUT2D eigenvalue weighted by Crippen LogP contribution is 2.39. The molecule has 1 aliphatic rings. The van der Waals surface area contributed by atoms with Crippen LogP contribution in [0, 0.1) is 10.1 Å². The van der Waals surface area contributed by atoms with E-state index in [0.29, 0.717) is 35.1 Å². The molecule has 2 aromatic carbocycles. The van der Waals surface area contributed by atoms with Crippen LogP contribution in [0.25, 0.3) is 6.08 Å². The lowest BCUT2D eigenvalue weighted by Crippen LogP contribution is -2.21. The largest absolute Gasteiger partial charge is 0.493 e. The fourth-order valence-electron chi connectivity index (χ4n) is 3.00. The second-order valence-corrected chi connectivity index (χ2v) is 6.25. The highest BCUT2D eigenvalue weighted by molar-refractivity contribution is 6.30. The average molecular weight is 427 g/mol. The molecule has 0 saturated carbocycles. The monoisotopic (exact) mass is 427 g/mol. The molecule has 0 unspecified atom stereocenters. The van der Waals surface area contributed by atoms with E-state index >= 15 is 0 Å². The predicted molar refractivity (Wildman–Crippen MR) is 114 cm³/mol. The average Bonchev–Trinajstić information content (AvgIpc) is 3.08. The van der Waals surface area contributed by atoms with E-state index in [1.165, 1.54) is 45.6 Å². The van der Waals surface area contributed by atoms with Gasteiger partial charge in [0.25, 0.3) is 11.6 Å². The van der Waals surface area contributed by atoms with E-state index in [0.717, 1.165) is 5.01 Å². The summed E-state index contributed by atoms with van der Waals surface area (Å²) in [5.74, 6) is 0.990. The number of non-ortho nitro benzene ring substituents is 1. The molecule has 0 bridgehead atoms. The number of rotatable bonds is 7. The molecule has 0 spiro atoms. The molecule has 1 aliphatic heterocycles. The molecule has 0 N–H and O–H groups in total. The van der Waals surface area contributed by atoms with Crippen LogP contribution in [0.2, 0.25) is 0 Å². The number of nitro groups is 1. The van der Waals surface area contributed by atoms with Crippen LogP contribution >= 0.6 is 0 Å². The maximum atomic E-state index is 13.1. The Hall–Kier alpha value is -4.08. The van der Waals surface area contributed by atoms with Crippen LogP contribution < -0.4 is 19.2 Å². The normalized spacial score (nSPS) is 14.5. The van der Waals surface area contributed by atoms with Crippen molar-refractivity contribution in [2.75, 3.05) is 32.9 Å². The molecule has 2 aromatic rings. The number of anilines is 1. The maximum absolute atomic E-state index is 13.1. The van der Waals surface area contributed by atoms with Gasteiger partial charge in [0, 0.05) is 12.1 Å². The molecule has 0 atom stereocenters. The molecule has 0 aromatic heterocycles. The predicted octanol–water partition coefficient (Wildman–Crippen LogP) is 3.40. The SMILES string of the molecule is CCOC1=NN(c2ccc([N+](=O)[O-])cc2)C(=O)C1=Cc1cc(OC)c(OC)c(OC)c1. The highest BCUT2D eigenvalue weighted by Gasteiger charge is 2.33. The first-order chi connectivity index (χ1) is 14.9. The summed E-state index contributed by atoms with van der Waals surface area (Å²) in [6.07, 6.45) is 1.60. The van der Waals surface area contributed by atoms with Gasteiger partial charge in [0.15, 0.2) is 11.5 Å². The van der Waals surface area contributed by atoms with Crippen molar-refractivity contribution in [3.8, 4) is 17.2 Å². The number of carbonyl (C=O) groups is 1. The molecule has 3 rings (SSSR count). The van der Waals surface area contributed by atoms with Gasteiger partial charge in [-0.1, -0.05) is 0 Å². The number of nitro benzene ring substituents is 1. The molecule has 1 heterocycles. The minimum Gasteiger partial charge on any atom is -0.493 e. The molecule has 10 heteroatoms. The molecule has 0 aliphatic carbocycles. The smallest absolute Gasteiger partial charge is 0.284 e. The van der Waals surface area contributed by atoms with Crippen molar-refractivity contribution >= 4 is 29.3 Å². The number of nitrogens with zero attached hydrogens (tertiary/aromatic N) is 3. The molecule has 31 heavy (non-hydrogen) atoms. The number of hydrazone groups is 1. The van der Waals surface area contributed by atoms with Crippen molar-refractivity contribution in [1.82, 2.24) is 0 Å². The number of carbonyl (C=O) groups excluding carboxylic acids is 1. The van der Waals surface area contributed by atoms with Crippen LogP contribution in [0.1, 0.15) is 12.5 Å². The summed E-state index contributed by atoms with van der Waals surface area (Å²) >= 11 is 0. The Morgan fingerprint density at radius 2 is 1.68 bits per heavy atom. The Kier molecular flexibility index (Phi) is 6.39. The Balaban J connectivity index is 2.02. The lowest BCUT2D eigenvalue weighted by molar-refractivity contribution is -0.384. The third-order valence-corrected chi connectivity index (χ3v) is 4.43. The quantitative estimate of drug-likeness (QED) is 0.378. The number of hydrogen-bond acceptors (Lipinski definition) is 8. The summed E-state index contributed by atoms with van der Waals surface area (Å²) in [6.45, 7) is 2.07. The second-order valence-electron chi connectivity index (χ2n) is 6.25. The summed E-state index contributed by atoms with van der Waals surface area (Å²) in [6, 6.07) is 8.90. The Morgan fingerprint density at radius 1 is 1.06 bits per heavy atom. The summed E-state index contributed by atoms with van der Waals surface area (Å²) < 4.78 is 21.6. The summed E-state index contributed by atoms with van der Waals surface area (Å²) in [5, 5.41) is 16.3.